The molecular weight excluding hydrogens is 244 g/mol. The summed E-state index contributed by atoms with van der Waals surface area (Å²) in [6, 6.07) is 8.94. The van der Waals surface area contributed by atoms with Crippen LogP contribution in [-0.2, 0) is 0 Å². The number of aromatic carboxylic acids is 1. The number of rotatable bonds is 5. The molecule has 0 saturated carbocycles. The van der Waals surface area contributed by atoms with Crippen LogP contribution in [0.5, 0.6) is 5.75 Å². The number of carboxylic acids is 1. The van der Waals surface area contributed by atoms with Gasteiger partial charge in [0.25, 0.3) is 0 Å². The van der Waals surface area contributed by atoms with Gasteiger partial charge >= 0.3 is 5.97 Å². The average molecular weight is 260 g/mol. The number of H-pyrrole nitrogens is 1. The summed E-state index contributed by atoms with van der Waals surface area (Å²) in [5, 5.41) is 15.3. The summed E-state index contributed by atoms with van der Waals surface area (Å²) in [6.45, 7) is 4.08. The predicted octanol–water partition coefficient (Wildman–Crippen LogP) is 2.95. The number of carboxylic acid groups (broad SMARTS) is 1. The Balaban J connectivity index is 2.15. The second kappa shape index (κ2) is 5.56. The summed E-state index contributed by atoms with van der Waals surface area (Å²) in [5.41, 5.74) is 1.53. The van der Waals surface area contributed by atoms with Gasteiger partial charge in [0.1, 0.15) is 11.4 Å². The van der Waals surface area contributed by atoms with E-state index in [9.17, 15) is 4.79 Å². The van der Waals surface area contributed by atoms with Crippen molar-refractivity contribution < 1.29 is 14.6 Å². The Hall–Kier alpha value is -2.30. The number of aromatic nitrogens is 2. The zero-order valence-electron chi connectivity index (χ0n) is 10.9. The van der Waals surface area contributed by atoms with Gasteiger partial charge in [-0.2, -0.15) is 5.10 Å². The smallest absolute Gasteiger partial charge is 0.353 e. The van der Waals surface area contributed by atoms with Crippen molar-refractivity contribution in [1.29, 1.82) is 0 Å². The Kier molecular flexibility index (Phi) is 3.85. The molecule has 2 aromatic rings. The van der Waals surface area contributed by atoms with Gasteiger partial charge in [0.2, 0.25) is 0 Å². The van der Waals surface area contributed by atoms with Crippen molar-refractivity contribution >= 4 is 5.97 Å². The number of benzene rings is 1. The maximum Gasteiger partial charge on any atom is 0.353 e. The molecule has 0 aliphatic carbocycles. The summed E-state index contributed by atoms with van der Waals surface area (Å²) in [6.07, 6.45) is 1.12. The first-order chi connectivity index (χ1) is 9.10. The maximum atomic E-state index is 10.8. The third-order valence-corrected chi connectivity index (χ3v) is 2.87. The van der Waals surface area contributed by atoms with Crippen molar-refractivity contribution in [2.75, 3.05) is 0 Å². The minimum absolute atomic E-state index is 0.0786. The molecule has 1 aromatic heterocycles. The molecular formula is C14H16N2O3. The Bertz CT molecular complexity index is 560. The molecule has 1 aromatic carbocycles. The van der Waals surface area contributed by atoms with Gasteiger partial charge in [0.05, 0.1) is 11.8 Å². The molecule has 1 atom stereocenters. The number of hydrogen-bond donors (Lipinski definition) is 2. The Morgan fingerprint density at radius 2 is 2.11 bits per heavy atom. The van der Waals surface area contributed by atoms with Crippen LogP contribution >= 0.6 is 0 Å². The van der Waals surface area contributed by atoms with Crippen LogP contribution in [0, 0.1) is 0 Å². The van der Waals surface area contributed by atoms with Gasteiger partial charge in [0, 0.05) is 5.56 Å². The molecule has 0 saturated heterocycles. The van der Waals surface area contributed by atoms with Crippen molar-refractivity contribution in [1.82, 2.24) is 10.2 Å². The zero-order chi connectivity index (χ0) is 13.8. The molecule has 0 spiro atoms. The number of hydrogen-bond acceptors (Lipinski definition) is 3. The molecule has 0 bridgehead atoms. The van der Waals surface area contributed by atoms with Crippen molar-refractivity contribution in [2.24, 2.45) is 0 Å². The van der Waals surface area contributed by atoms with Gasteiger partial charge in [-0.15, -0.1) is 0 Å². The van der Waals surface area contributed by atoms with Crippen LogP contribution in [0.25, 0.3) is 11.3 Å². The summed E-state index contributed by atoms with van der Waals surface area (Å²) in [5.74, 6) is -0.220. The van der Waals surface area contributed by atoms with E-state index in [0.717, 1.165) is 17.7 Å². The van der Waals surface area contributed by atoms with Gasteiger partial charge in [0.15, 0.2) is 0 Å². The second-order valence-corrected chi connectivity index (χ2v) is 4.33. The molecule has 0 amide bonds. The van der Waals surface area contributed by atoms with Crippen LogP contribution < -0.4 is 4.74 Å². The van der Waals surface area contributed by atoms with E-state index in [2.05, 4.69) is 17.1 Å². The van der Waals surface area contributed by atoms with Crippen LogP contribution in [0.1, 0.15) is 30.8 Å². The van der Waals surface area contributed by atoms with Crippen molar-refractivity contribution in [2.45, 2.75) is 26.4 Å². The Morgan fingerprint density at radius 3 is 2.63 bits per heavy atom. The first-order valence-electron chi connectivity index (χ1n) is 6.16. The third kappa shape index (κ3) is 3.13. The molecule has 2 rings (SSSR count). The lowest BCUT2D eigenvalue weighted by molar-refractivity contribution is 0.0690. The maximum absolute atomic E-state index is 10.8. The summed E-state index contributed by atoms with van der Waals surface area (Å²) in [4.78, 5) is 10.8. The number of aromatic amines is 1. The van der Waals surface area contributed by atoms with Gasteiger partial charge in [-0.3, -0.25) is 5.10 Å². The van der Waals surface area contributed by atoms with Gasteiger partial charge in [-0.05, 0) is 43.7 Å². The van der Waals surface area contributed by atoms with Crippen LogP contribution in [0.2, 0.25) is 0 Å². The van der Waals surface area contributed by atoms with Gasteiger partial charge < -0.3 is 9.84 Å². The van der Waals surface area contributed by atoms with E-state index in [1.165, 1.54) is 6.07 Å². The molecule has 0 aliphatic rings. The fourth-order valence-corrected chi connectivity index (χ4v) is 1.60. The molecule has 19 heavy (non-hydrogen) atoms. The highest BCUT2D eigenvalue weighted by molar-refractivity contribution is 5.86. The molecule has 5 nitrogen and oxygen atoms in total. The van der Waals surface area contributed by atoms with E-state index in [1.807, 2.05) is 31.2 Å². The number of nitrogens with zero attached hydrogens (tertiary/aromatic N) is 1. The van der Waals surface area contributed by atoms with Crippen LogP contribution in [0.15, 0.2) is 30.3 Å². The molecule has 1 unspecified atom stereocenters. The monoisotopic (exact) mass is 260 g/mol. The summed E-state index contributed by atoms with van der Waals surface area (Å²) < 4.78 is 5.68. The normalized spacial score (nSPS) is 12.1. The van der Waals surface area contributed by atoms with Crippen molar-refractivity contribution in [3.05, 3.63) is 36.0 Å². The van der Waals surface area contributed by atoms with Gasteiger partial charge in [-0.25, -0.2) is 4.79 Å². The van der Waals surface area contributed by atoms with Crippen LogP contribution in [0.4, 0.5) is 0 Å². The lowest BCUT2D eigenvalue weighted by Crippen LogP contribution is -2.09. The lowest BCUT2D eigenvalue weighted by Gasteiger charge is -2.12. The third-order valence-electron chi connectivity index (χ3n) is 2.87. The Morgan fingerprint density at radius 1 is 1.42 bits per heavy atom. The number of nitrogens with one attached hydrogen (secondary N) is 1. The van der Waals surface area contributed by atoms with Crippen LogP contribution in [0.3, 0.4) is 0 Å². The lowest BCUT2D eigenvalue weighted by atomic mass is 10.1. The van der Waals surface area contributed by atoms with E-state index in [1.54, 1.807) is 0 Å². The van der Waals surface area contributed by atoms with Crippen molar-refractivity contribution in [3.63, 3.8) is 0 Å². The molecule has 0 aliphatic heterocycles. The van der Waals surface area contributed by atoms with E-state index in [0.29, 0.717) is 5.69 Å². The molecule has 5 heteroatoms. The van der Waals surface area contributed by atoms with Crippen molar-refractivity contribution in [3.8, 4) is 17.0 Å². The summed E-state index contributed by atoms with van der Waals surface area (Å²) >= 11 is 0. The minimum atomic E-state index is -1.02. The highest BCUT2D eigenvalue weighted by atomic mass is 16.5. The second-order valence-electron chi connectivity index (χ2n) is 4.33. The SMILES string of the molecule is CCC(C)Oc1ccc(-c2cc(C(=O)O)[nH]n2)cc1. The molecule has 100 valence electrons. The van der Waals surface area contributed by atoms with Gasteiger partial charge in [-0.1, -0.05) is 6.92 Å². The fraction of sp³-hybridized carbons (Fsp3) is 0.286. The standard InChI is InChI=1S/C14H16N2O3/c1-3-9(2)19-11-6-4-10(5-7-11)12-8-13(14(17)18)16-15-12/h4-9H,3H2,1-2H3,(H,15,16)(H,17,18). The van der Waals surface area contributed by atoms with E-state index >= 15 is 0 Å². The molecule has 0 radical (unpaired) electrons. The highest BCUT2D eigenvalue weighted by Crippen LogP contribution is 2.22. The fourth-order valence-electron chi connectivity index (χ4n) is 1.60. The molecule has 0 fully saturated rings. The molecule has 2 N–H and O–H groups in total. The highest BCUT2D eigenvalue weighted by Gasteiger charge is 2.09. The van der Waals surface area contributed by atoms with E-state index in [-0.39, 0.29) is 11.8 Å². The first-order valence-corrected chi connectivity index (χ1v) is 6.16. The first kappa shape index (κ1) is 13.1. The number of carbonyl (C=O) groups is 1. The average Bonchev–Trinajstić information content (AvgIpc) is 2.89. The quantitative estimate of drug-likeness (QED) is 0.866. The largest absolute Gasteiger partial charge is 0.491 e. The topological polar surface area (TPSA) is 75.2 Å². The zero-order valence-corrected chi connectivity index (χ0v) is 10.9. The van der Waals surface area contributed by atoms with Crippen LogP contribution in [-0.4, -0.2) is 27.4 Å². The predicted molar refractivity (Wildman–Crippen MR) is 71.4 cm³/mol. The number of ether oxygens (including phenoxy) is 1. The molecule has 1 heterocycles. The Labute approximate surface area is 111 Å². The van der Waals surface area contributed by atoms with E-state index < -0.39 is 5.97 Å². The minimum Gasteiger partial charge on any atom is -0.491 e. The van der Waals surface area contributed by atoms with E-state index in [4.69, 9.17) is 9.84 Å². The summed E-state index contributed by atoms with van der Waals surface area (Å²) in [7, 11) is 0.